The van der Waals surface area contributed by atoms with E-state index in [4.69, 9.17) is 5.11 Å². The summed E-state index contributed by atoms with van der Waals surface area (Å²) in [6.07, 6.45) is 3.66. The minimum atomic E-state index is -0.967. The molecule has 0 spiro atoms. The van der Waals surface area contributed by atoms with Crippen LogP contribution in [0.15, 0.2) is 76.8 Å². The second-order valence-corrected chi connectivity index (χ2v) is 7.45. The molecule has 0 radical (unpaired) electrons. The van der Waals surface area contributed by atoms with Crippen molar-refractivity contribution in [1.82, 2.24) is 9.88 Å². The van der Waals surface area contributed by atoms with Gasteiger partial charge in [0.15, 0.2) is 5.17 Å². The van der Waals surface area contributed by atoms with Crippen molar-refractivity contribution in [1.29, 1.82) is 0 Å². The summed E-state index contributed by atoms with van der Waals surface area (Å²) >= 11 is 1.29. The van der Waals surface area contributed by atoms with Crippen LogP contribution >= 0.6 is 11.8 Å². The molecule has 4 rings (SSSR count). The third-order valence-corrected chi connectivity index (χ3v) is 5.35. The van der Waals surface area contributed by atoms with Crippen LogP contribution in [0.4, 0.5) is 5.69 Å². The molecule has 0 saturated carbocycles. The van der Waals surface area contributed by atoms with Crippen LogP contribution in [-0.4, -0.2) is 26.7 Å². The Bertz CT molecular complexity index is 1160. The molecule has 0 aliphatic carbocycles. The second kappa shape index (κ2) is 7.81. The van der Waals surface area contributed by atoms with E-state index in [2.05, 4.69) is 10.3 Å². The monoisotopic (exact) mass is 403 g/mol. The van der Waals surface area contributed by atoms with Crippen LogP contribution in [0, 0.1) is 6.92 Å². The quantitative estimate of drug-likeness (QED) is 0.634. The number of amides is 1. The minimum Gasteiger partial charge on any atom is -0.478 e. The Balaban J connectivity index is 1.61. The number of thioether (sulfide) groups is 1. The topological polar surface area (TPSA) is 83.7 Å². The second-order valence-electron chi connectivity index (χ2n) is 6.42. The number of nitrogens with zero attached hydrogens (tertiary/aromatic N) is 2. The van der Waals surface area contributed by atoms with Gasteiger partial charge >= 0.3 is 5.97 Å². The van der Waals surface area contributed by atoms with Crippen molar-refractivity contribution in [3.8, 4) is 5.69 Å². The molecule has 1 aromatic heterocycles. The van der Waals surface area contributed by atoms with Gasteiger partial charge in [-0.15, -0.1) is 0 Å². The predicted molar refractivity (Wildman–Crippen MR) is 115 cm³/mol. The van der Waals surface area contributed by atoms with Gasteiger partial charge in [0, 0.05) is 17.6 Å². The number of aromatic nitrogens is 1. The Kier molecular flexibility index (Phi) is 5.05. The van der Waals surface area contributed by atoms with Crippen molar-refractivity contribution in [3.63, 3.8) is 0 Å². The van der Waals surface area contributed by atoms with Gasteiger partial charge in [0.1, 0.15) is 0 Å². The van der Waals surface area contributed by atoms with Crippen molar-refractivity contribution in [3.05, 3.63) is 88.6 Å². The number of rotatable bonds is 4. The number of benzene rings is 2. The number of aliphatic imine (C=N–C) groups is 1. The minimum absolute atomic E-state index is 0.198. The fraction of sp³-hybridized carbons (Fsp3) is 0.0455. The van der Waals surface area contributed by atoms with Gasteiger partial charge in [-0.1, -0.05) is 18.2 Å². The Labute approximate surface area is 171 Å². The highest BCUT2D eigenvalue weighted by atomic mass is 32.2. The summed E-state index contributed by atoms with van der Waals surface area (Å²) in [5.41, 5.74) is 3.69. The van der Waals surface area contributed by atoms with Gasteiger partial charge in [-0.2, -0.15) is 0 Å². The molecule has 6 nitrogen and oxygen atoms in total. The third-order valence-electron chi connectivity index (χ3n) is 4.44. The van der Waals surface area contributed by atoms with Gasteiger partial charge in [-0.25, -0.2) is 9.79 Å². The maximum absolute atomic E-state index is 12.4. The van der Waals surface area contributed by atoms with Gasteiger partial charge in [0.25, 0.3) is 5.91 Å². The fourth-order valence-electron chi connectivity index (χ4n) is 2.92. The summed E-state index contributed by atoms with van der Waals surface area (Å²) < 4.78 is 1.89. The van der Waals surface area contributed by atoms with E-state index in [1.165, 1.54) is 11.8 Å². The lowest BCUT2D eigenvalue weighted by atomic mass is 10.2. The van der Waals surface area contributed by atoms with Crippen molar-refractivity contribution >= 4 is 40.6 Å². The van der Waals surface area contributed by atoms with Crippen molar-refractivity contribution in [2.75, 3.05) is 0 Å². The molecule has 2 aromatic carbocycles. The number of carboxylic acid groups (broad SMARTS) is 1. The fourth-order valence-corrected chi connectivity index (χ4v) is 3.74. The molecule has 7 heteroatoms. The first-order valence-corrected chi connectivity index (χ1v) is 9.69. The van der Waals surface area contributed by atoms with Crippen LogP contribution in [0.3, 0.4) is 0 Å². The number of hydrogen-bond donors (Lipinski definition) is 2. The SMILES string of the molecule is Cc1ccccc1N=C1NC(=O)/C(=C/c2cccn2-c2ccc(C(=O)O)cc2)S1. The molecule has 0 bridgehead atoms. The van der Waals surface area contributed by atoms with E-state index in [0.29, 0.717) is 10.1 Å². The molecule has 1 aliphatic heterocycles. The highest BCUT2D eigenvalue weighted by Crippen LogP contribution is 2.29. The zero-order valence-corrected chi connectivity index (χ0v) is 16.3. The average Bonchev–Trinajstić information content (AvgIpc) is 3.30. The lowest BCUT2D eigenvalue weighted by Gasteiger charge is -2.07. The lowest BCUT2D eigenvalue weighted by Crippen LogP contribution is -2.19. The van der Waals surface area contributed by atoms with Crippen LogP contribution in [0.2, 0.25) is 0 Å². The van der Waals surface area contributed by atoms with Gasteiger partial charge in [0.05, 0.1) is 16.2 Å². The predicted octanol–water partition coefficient (Wildman–Crippen LogP) is 4.38. The molecule has 29 heavy (non-hydrogen) atoms. The molecule has 2 heterocycles. The first-order valence-electron chi connectivity index (χ1n) is 8.87. The number of nitrogens with one attached hydrogen (secondary N) is 1. The van der Waals surface area contributed by atoms with Gasteiger partial charge in [-0.3, -0.25) is 4.79 Å². The Morgan fingerprint density at radius 1 is 1.10 bits per heavy atom. The molecule has 1 amide bonds. The number of carboxylic acids is 1. The molecule has 1 saturated heterocycles. The van der Waals surface area contributed by atoms with Crippen LogP contribution < -0.4 is 5.32 Å². The first kappa shape index (κ1) is 18.8. The summed E-state index contributed by atoms with van der Waals surface area (Å²) in [5.74, 6) is -1.16. The molecule has 3 aromatic rings. The molecule has 1 fully saturated rings. The van der Waals surface area contributed by atoms with E-state index in [1.807, 2.05) is 54.1 Å². The number of carbonyl (C=O) groups is 2. The van der Waals surface area contributed by atoms with E-state index in [0.717, 1.165) is 22.6 Å². The van der Waals surface area contributed by atoms with Gasteiger partial charge < -0.3 is 15.0 Å². The summed E-state index contributed by atoms with van der Waals surface area (Å²) in [6, 6.07) is 18.1. The molecule has 0 atom stereocenters. The van der Waals surface area contributed by atoms with Crippen molar-refractivity contribution in [2.45, 2.75) is 6.92 Å². The smallest absolute Gasteiger partial charge is 0.335 e. The lowest BCUT2D eigenvalue weighted by molar-refractivity contribution is -0.115. The summed E-state index contributed by atoms with van der Waals surface area (Å²) in [6.45, 7) is 1.97. The number of amidine groups is 1. The molecule has 144 valence electrons. The molecular formula is C22H17N3O3S. The Morgan fingerprint density at radius 2 is 1.86 bits per heavy atom. The van der Waals surface area contributed by atoms with Crippen molar-refractivity contribution < 1.29 is 14.7 Å². The van der Waals surface area contributed by atoms with Crippen LogP contribution in [0.1, 0.15) is 21.6 Å². The number of aromatic carboxylic acids is 1. The largest absolute Gasteiger partial charge is 0.478 e. The number of carbonyl (C=O) groups excluding carboxylic acids is 1. The summed E-state index contributed by atoms with van der Waals surface area (Å²) in [5, 5.41) is 12.4. The molecule has 1 aliphatic rings. The van der Waals surface area contributed by atoms with Gasteiger partial charge in [0.2, 0.25) is 0 Å². The highest BCUT2D eigenvalue weighted by molar-refractivity contribution is 8.18. The van der Waals surface area contributed by atoms with Crippen molar-refractivity contribution in [2.24, 2.45) is 4.99 Å². The van der Waals surface area contributed by atoms with E-state index in [1.54, 1.807) is 30.3 Å². The van der Waals surface area contributed by atoms with Crippen LogP contribution in [0.5, 0.6) is 0 Å². The van der Waals surface area contributed by atoms with E-state index >= 15 is 0 Å². The third kappa shape index (κ3) is 4.00. The normalized spacial score (nSPS) is 16.4. The zero-order chi connectivity index (χ0) is 20.4. The van der Waals surface area contributed by atoms with Crippen LogP contribution in [0.25, 0.3) is 11.8 Å². The van der Waals surface area contributed by atoms with Gasteiger partial charge in [-0.05, 0) is 72.8 Å². The molecular weight excluding hydrogens is 386 g/mol. The summed E-state index contributed by atoms with van der Waals surface area (Å²) in [4.78, 5) is 28.5. The van der Waals surface area contributed by atoms with E-state index < -0.39 is 5.97 Å². The number of para-hydroxylation sites is 1. The average molecular weight is 403 g/mol. The Hall–Kier alpha value is -3.58. The molecule has 2 N–H and O–H groups in total. The summed E-state index contributed by atoms with van der Waals surface area (Å²) in [7, 11) is 0. The highest BCUT2D eigenvalue weighted by Gasteiger charge is 2.24. The molecule has 0 unspecified atom stereocenters. The maximum atomic E-state index is 12.4. The van der Waals surface area contributed by atoms with Crippen LogP contribution in [-0.2, 0) is 4.79 Å². The van der Waals surface area contributed by atoms with E-state index in [-0.39, 0.29) is 11.5 Å². The first-order chi connectivity index (χ1) is 14.0. The zero-order valence-electron chi connectivity index (χ0n) is 15.5. The number of aryl methyl sites for hydroxylation is 1. The Morgan fingerprint density at radius 3 is 2.59 bits per heavy atom. The number of hydrogen-bond acceptors (Lipinski definition) is 4. The van der Waals surface area contributed by atoms with E-state index in [9.17, 15) is 9.59 Å². The standard InChI is InChI=1S/C22H17N3O3S/c1-14-5-2-3-7-18(14)23-22-24-20(26)19(29-22)13-17-6-4-12-25(17)16-10-8-15(9-11-16)21(27)28/h2-13H,1H3,(H,27,28)(H,23,24,26)/b19-13-. The maximum Gasteiger partial charge on any atom is 0.335 e.